The minimum atomic E-state index is -0.854. The van der Waals surface area contributed by atoms with Gasteiger partial charge in [0.15, 0.2) is 0 Å². The fraction of sp³-hybridized carbons (Fsp3) is 0.615. The molecule has 0 spiro atoms. The summed E-state index contributed by atoms with van der Waals surface area (Å²) in [6.07, 6.45) is 0.0481. The minimum absolute atomic E-state index is 0.0481. The molecule has 6 heteroatoms. The van der Waals surface area contributed by atoms with Gasteiger partial charge in [0.1, 0.15) is 0 Å². The number of hydrogen-bond acceptors (Lipinski definition) is 3. The van der Waals surface area contributed by atoms with Crippen LogP contribution in [0.2, 0.25) is 0 Å². The zero-order valence-electron chi connectivity index (χ0n) is 11.9. The molecule has 6 nitrogen and oxygen atoms in total. The third-order valence-corrected chi connectivity index (χ3v) is 3.04. The highest BCUT2D eigenvalue weighted by Gasteiger charge is 2.18. The monoisotopic (exact) mass is 267 g/mol. The van der Waals surface area contributed by atoms with Gasteiger partial charge in [0.05, 0.1) is 11.3 Å². The van der Waals surface area contributed by atoms with Gasteiger partial charge in [0.2, 0.25) is 0 Å². The molecule has 1 aromatic heterocycles. The van der Waals surface area contributed by atoms with Crippen molar-refractivity contribution < 1.29 is 14.7 Å². The first kappa shape index (κ1) is 15.2. The molecule has 0 aromatic carbocycles. The topological polar surface area (TPSA) is 84.2 Å². The Labute approximate surface area is 112 Å². The highest BCUT2D eigenvalue weighted by Crippen LogP contribution is 2.13. The summed E-state index contributed by atoms with van der Waals surface area (Å²) in [5.41, 5.74) is 2.12. The van der Waals surface area contributed by atoms with E-state index in [4.69, 9.17) is 5.11 Å². The van der Waals surface area contributed by atoms with E-state index in [9.17, 15) is 9.59 Å². The van der Waals surface area contributed by atoms with E-state index in [1.54, 1.807) is 18.5 Å². The quantitative estimate of drug-likeness (QED) is 0.815. The van der Waals surface area contributed by atoms with Gasteiger partial charge < -0.3 is 10.4 Å². The summed E-state index contributed by atoms with van der Waals surface area (Å²) in [4.78, 5) is 22.6. The van der Waals surface area contributed by atoms with Crippen LogP contribution >= 0.6 is 0 Å². The SMILES string of the molecule is CCn1nc(C)c(C(=O)NCC(C)CC(=O)O)c1C. The van der Waals surface area contributed by atoms with E-state index in [0.717, 1.165) is 12.2 Å². The van der Waals surface area contributed by atoms with Crippen LogP contribution < -0.4 is 5.32 Å². The molecule has 0 bridgehead atoms. The van der Waals surface area contributed by atoms with Crippen molar-refractivity contribution >= 4 is 11.9 Å². The van der Waals surface area contributed by atoms with Gasteiger partial charge in [0, 0.05) is 25.2 Å². The Hall–Kier alpha value is -1.85. The Morgan fingerprint density at radius 1 is 1.42 bits per heavy atom. The molecule has 0 fully saturated rings. The number of aryl methyl sites for hydroxylation is 2. The zero-order chi connectivity index (χ0) is 14.6. The van der Waals surface area contributed by atoms with Gasteiger partial charge in [-0.1, -0.05) is 6.92 Å². The van der Waals surface area contributed by atoms with E-state index in [2.05, 4.69) is 10.4 Å². The van der Waals surface area contributed by atoms with E-state index in [1.807, 2.05) is 13.8 Å². The number of amides is 1. The highest BCUT2D eigenvalue weighted by atomic mass is 16.4. The molecular formula is C13H21N3O3. The van der Waals surface area contributed by atoms with Crippen molar-refractivity contribution in [2.45, 2.75) is 40.7 Å². The van der Waals surface area contributed by atoms with E-state index in [1.165, 1.54) is 0 Å². The molecule has 1 unspecified atom stereocenters. The Morgan fingerprint density at radius 2 is 2.05 bits per heavy atom. The van der Waals surface area contributed by atoms with Crippen LogP contribution in [0.5, 0.6) is 0 Å². The van der Waals surface area contributed by atoms with Crippen LogP contribution in [0.25, 0.3) is 0 Å². The molecule has 0 aliphatic carbocycles. The number of carbonyl (C=O) groups is 2. The molecular weight excluding hydrogens is 246 g/mol. The normalized spacial score (nSPS) is 12.2. The van der Waals surface area contributed by atoms with Gasteiger partial charge in [-0.25, -0.2) is 0 Å². The second-order valence-corrected chi connectivity index (χ2v) is 4.77. The fourth-order valence-corrected chi connectivity index (χ4v) is 2.06. The number of nitrogens with zero attached hydrogens (tertiary/aromatic N) is 2. The van der Waals surface area contributed by atoms with Crippen molar-refractivity contribution in [3.63, 3.8) is 0 Å². The van der Waals surface area contributed by atoms with Crippen LogP contribution in [0.1, 0.15) is 42.0 Å². The second-order valence-electron chi connectivity index (χ2n) is 4.77. The first-order chi connectivity index (χ1) is 8.86. The summed E-state index contributed by atoms with van der Waals surface area (Å²) in [5, 5.41) is 15.7. The number of nitrogens with one attached hydrogen (secondary N) is 1. The predicted molar refractivity (Wildman–Crippen MR) is 71.1 cm³/mol. The summed E-state index contributed by atoms with van der Waals surface area (Å²) in [6.45, 7) is 8.49. The van der Waals surface area contributed by atoms with E-state index in [-0.39, 0.29) is 18.2 Å². The molecule has 0 saturated carbocycles. The Kier molecular flexibility index (Phi) is 5.09. The number of carboxylic acid groups (broad SMARTS) is 1. The third kappa shape index (κ3) is 3.81. The molecule has 19 heavy (non-hydrogen) atoms. The largest absolute Gasteiger partial charge is 0.481 e. The van der Waals surface area contributed by atoms with Crippen LogP contribution in [0.3, 0.4) is 0 Å². The average molecular weight is 267 g/mol. The van der Waals surface area contributed by atoms with Crippen LogP contribution in [-0.4, -0.2) is 33.3 Å². The number of rotatable bonds is 6. The van der Waals surface area contributed by atoms with Crippen molar-refractivity contribution in [2.24, 2.45) is 5.92 Å². The van der Waals surface area contributed by atoms with Crippen molar-refractivity contribution in [1.29, 1.82) is 0 Å². The zero-order valence-corrected chi connectivity index (χ0v) is 11.9. The Balaban J connectivity index is 2.69. The Bertz CT molecular complexity index is 480. The lowest BCUT2D eigenvalue weighted by Gasteiger charge is -2.10. The molecule has 0 radical (unpaired) electrons. The van der Waals surface area contributed by atoms with Crippen molar-refractivity contribution in [3.8, 4) is 0 Å². The first-order valence-corrected chi connectivity index (χ1v) is 6.40. The minimum Gasteiger partial charge on any atom is -0.481 e. The summed E-state index contributed by atoms with van der Waals surface area (Å²) < 4.78 is 1.78. The number of hydrogen-bond donors (Lipinski definition) is 2. The molecule has 1 amide bonds. The molecule has 0 aliphatic rings. The molecule has 1 rings (SSSR count). The van der Waals surface area contributed by atoms with E-state index < -0.39 is 5.97 Å². The summed E-state index contributed by atoms with van der Waals surface area (Å²) in [7, 11) is 0. The lowest BCUT2D eigenvalue weighted by Crippen LogP contribution is -2.30. The standard InChI is InChI=1S/C13H21N3O3/c1-5-16-10(4)12(9(3)15-16)13(19)14-7-8(2)6-11(17)18/h8H,5-7H2,1-4H3,(H,14,19)(H,17,18). The van der Waals surface area contributed by atoms with Gasteiger partial charge in [-0.2, -0.15) is 5.10 Å². The van der Waals surface area contributed by atoms with E-state index >= 15 is 0 Å². The van der Waals surface area contributed by atoms with Crippen LogP contribution in [0.4, 0.5) is 0 Å². The number of aromatic nitrogens is 2. The van der Waals surface area contributed by atoms with Crippen molar-refractivity contribution in [1.82, 2.24) is 15.1 Å². The maximum absolute atomic E-state index is 12.1. The first-order valence-electron chi connectivity index (χ1n) is 6.40. The van der Waals surface area contributed by atoms with Crippen LogP contribution in [0, 0.1) is 19.8 Å². The second kappa shape index (κ2) is 6.36. The lowest BCUT2D eigenvalue weighted by atomic mass is 10.1. The number of carboxylic acids is 1. The molecule has 1 atom stereocenters. The molecule has 1 heterocycles. The molecule has 2 N–H and O–H groups in total. The predicted octanol–water partition coefficient (Wildman–Crippen LogP) is 1.36. The molecule has 0 aliphatic heterocycles. The summed E-state index contributed by atoms with van der Waals surface area (Å²) in [6, 6.07) is 0. The smallest absolute Gasteiger partial charge is 0.303 e. The summed E-state index contributed by atoms with van der Waals surface area (Å²) >= 11 is 0. The average Bonchev–Trinajstić information content (AvgIpc) is 2.60. The van der Waals surface area contributed by atoms with Crippen molar-refractivity contribution in [2.75, 3.05) is 6.54 Å². The maximum Gasteiger partial charge on any atom is 0.303 e. The van der Waals surface area contributed by atoms with E-state index in [0.29, 0.717) is 17.8 Å². The Morgan fingerprint density at radius 3 is 2.53 bits per heavy atom. The van der Waals surface area contributed by atoms with Gasteiger partial charge in [-0.3, -0.25) is 14.3 Å². The van der Waals surface area contributed by atoms with Crippen LogP contribution in [-0.2, 0) is 11.3 Å². The summed E-state index contributed by atoms with van der Waals surface area (Å²) in [5.74, 6) is -1.14. The highest BCUT2D eigenvalue weighted by molar-refractivity contribution is 5.96. The third-order valence-electron chi connectivity index (χ3n) is 3.04. The number of aliphatic carboxylic acids is 1. The number of carbonyl (C=O) groups excluding carboxylic acids is 1. The van der Waals surface area contributed by atoms with Gasteiger partial charge >= 0.3 is 5.97 Å². The molecule has 0 saturated heterocycles. The fourth-order valence-electron chi connectivity index (χ4n) is 2.06. The lowest BCUT2D eigenvalue weighted by molar-refractivity contribution is -0.137. The van der Waals surface area contributed by atoms with Gasteiger partial charge in [-0.05, 0) is 26.7 Å². The van der Waals surface area contributed by atoms with Crippen LogP contribution in [0.15, 0.2) is 0 Å². The van der Waals surface area contributed by atoms with Gasteiger partial charge in [0.25, 0.3) is 5.91 Å². The molecule has 106 valence electrons. The van der Waals surface area contributed by atoms with Crippen molar-refractivity contribution in [3.05, 3.63) is 17.0 Å². The molecule has 1 aromatic rings. The van der Waals surface area contributed by atoms with Gasteiger partial charge in [-0.15, -0.1) is 0 Å². The maximum atomic E-state index is 12.1.